The maximum Gasteiger partial charge on any atom is 0.124 e. The molecule has 0 spiro atoms. The molecule has 1 atom stereocenters. The Kier molecular flexibility index (Phi) is 5.86. The summed E-state index contributed by atoms with van der Waals surface area (Å²) in [4.78, 5) is 10.5. The normalized spacial score (nSPS) is 12.4. The lowest BCUT2D eigenvalue weighted by atomic mass is 10.1. The monoisotopic (exact) mass is 301 g/mol. The second kappa shape index (κ2) is 7.87. The molecule has 0 saturated carbocycles. The quantitative estimate of drug-likeness (QED) is 0.787. The molecule has 0 aliphatic heterocycles. The predicted molar refractivity (Wildman–Crippen MR) is 85.6 cm³/mol. The van der Waals surface area contributed by atoms with Crippen molar-refractivity contribution < 1.29 is 9.47 Å². The molecule has 1 aromatic carbocycles. The minimum Gasteiger partial charge on any atom is -0.496 e. The first-order valence-electron chi connectivity index (χ1n) is 7.26. The summed E-state index contributed by atoms with van der Waals surface area (Å²) in [5.41, 5.74) is 3.30. The molecule has 2 rings (SSSR count). The van der Waals surface area contributed by atoms with Crippen LogP contribution in [0.25, 0.3) is 0 Å². The van der Waals surface area contributed by atoms with Crippen LogP contribution >= 0.6 is 0 Å². The number of rotatable bonds is 7. The van der Waals surface area contributed by atoms with Crippen LogP contribution in [-0.2, 0) is 17.9 Å². The molecule has 5 heteroatoms. The zero-order valence-electron chi connectivity index (χ0n) is 13.6. The fraction of sp³-hybridized carbons (Fsp3) is 0.412. The van der Waals surface area contributed by atoms with E-state index in [9.17, 15) is 0 Å². The van der Waals surface area contributed by atoms with E-state index in [4.69, 9.17) is 9.47 Å². The standard InChI is InChI=1S/C17H23N3O2/c1-13(16-7-8-18-12-19-16)20(2)10-14-5-6-17(22-4)15(9-14)11-21-3/h5-9,12-13H,10-11H2,1-4H3/t13-/m1/s1. The van der Waals surface area contributed by atoms with E-state index in [0.717, 1.165) is 23.6 Å². The molecule has 0 saturated heterocycles. The van der Waals surface area contributed by atoms with E-state index in [1.54, 1.807) is 26.7 Å². The Bertz CT molecular complexity index is 590. The summed E-state index contributed by atoms with van der Waals surface area (Å²) in [7, 11) is 5.46. The number of nitrogens with zero attached hydrogens (tertiary/aromatic N) is 3. The highest BCUT2D eigenvalue weighted by Gasteiger charge is 2.14. The van der Waals surface area contributed by atoms with Crippen LogP contribution < -0.4 is 4.74 Å². The summed E-state index contributed by atoms with van der Waals surface area (Å²) in [6.45, 7) is 3.51. The van der Waals surface area contributed by atoms with Crippen LogP contribution in [0, 0.1) is 0 Å². The van der Waals surface area contributed by atoms with E-state index in [2.05, 4.69) is 41.0 Å². The zero-order chi connectivity index (χ0) is 15.9. The number of benzene rings is 1. The van der Waals surface area contributed by atoms with Gasteiger partial charge >= 0.3 is 0 Å². The van der Waals surface area contributed by atoms with Crippen molar-refractivity contribution in [1.29, 1.82) is 0 Å². The molecule has 0 radical (unpaired) electrons. The van der Waals surface area contributed by atoms with Gasteiger partial charge in [-0.3, -0.25) is 4.90 Å². The largest absolute Gasteiger partial charge is 0.496 e. The van der Waals surface area contributed by atoms with E-state index in [1.807, 2.05) is 12.1 Å². The van der Waals surface area contributed by atoms with Crippen LogP contribution in [0.15, 0.2) is 36.8 Å². The maximum atomic E-state index is 5.36. The van der Waals surface area contributed by atoms with Gasteiger partial charge in [-0.25, -0.2) is 9.97 Å². The van der Waals surface area contributed by atoms with Crippen molar-refractivity contribution in [3.05, 3.63) is 53.6 Å². The minimum atomic E-state index is 0.218. The summed E-state index contributed by atoms with van der Waals surface area (Å²) in [6, 6.07) is 8.38. The predicted octanol–water partition coefficient (Wildman–Crippen LogP) is 2.82. The van der Waals surface area contributed by atoms with Gasteiger partial charge in [0.15, 0.2) is 0 Å². The van der Waals surface area contributed by atoms with Gasteiger partial charge in [0.2, 0.25) is 0 Å². The zero-order valence-corrected chi connectivity index (χ0v) is 13.6. The van der Waals surface area contributed by atoms with Gasteiger partial charge in [-0.1, -0.05) is 6.07 Å². The molecular weight excluding hydrogens is 278 g/mol. The van der Waals surface area contributed by atoms with Gasteiger partial charge in [-0.05, 0) is 37.7 Å². The lowest BCUT2D eigenvalue weighted by Gasteiger charge is -2.24. The SMILES string of the molecule is COCc1cc(CN(C)[C@H](C)c2ccncn2)ccc1OC. The first-order chi connectivity index (χ1) is 10.7. The molecule has 0 amide bonds. The molecular formula is C17H23N3O2. The highest BCUT2D eigenvalue weighted by atomic mass is 16.5. The molecule has 1 heterocycles. The summed E-state index contributed by atoms with van der Waals surface area (Å²) >= 11 is 0. The third-order valence-corrected chi connectivity index (χ3v) is 3.77. The van der Waals surface area contributed by atoms with Crippen LogP contribution in [0.3, 0.4) is 0 Å². The van der Waals surface area contributed by atoms with Crippen molar-refractivity contribution in [1.82, 2.24) is 14.9 Å². The van der Waals surface area contributed by atoms with E-state index in [1.165, 1.54) is 5.56 Å². The number of methoxy groups -OCH3 is 2. The first-order valence-corrected chi connectivity index (χ1v) is 7.26. The number of ether oxygens (including phenoxy) is 2. The van der Waals surface area contributed by atoms with E-state index in [-0.39, 0.29) is 6.04 Å². The van der Waals surface area contributed by atoms with E-state index >= 15 is 0 Å². The second-order valence-electron chi connectivity index (χ2n) is 5.30. The van der Waals surface area contributed by atoms with E-state index in [0.29, 0.717) is 6.61 Å². The molecule has 0 unspecified atom stereocenters. The van der Waals surface area contributed by atoms with Crippen LogP contribution in [0.1, 0.15) is 29.8 Å². The molecule has 0 aliphatic rings. The fourth-order valence-electron chi connectivity index (χ4n) is 2.40. The van der Waals surface area contributed by atoms with Gasteiger partial charge in [0, 0.05) is 31.5 Å². The van der Waals surface area contributed by atoms with Gasteiger partial charge in [0.1, 0.15) is 12.1 Å². The molecule has 22 heavy (non-hydrogen) atoms. The lowest BCUT2D eigenvalue weighted by molar-refractivity contribution is 0.181. The average molecular weight is 301 g/mol. The van der Waals surface area contributed by atoms with Gasteiger partial charge in [-0.2, -0.15) is 0 Å². The molecule has 5 nitrogen and oxygen atoms in total. The number of hydrogen-bond donors (Lipinski definition) is 0. The van der Waals surface area contributed by atoms with Gasteiger partial charge < -0.3 is 9.47 Å². The van der Waals surface area contributed by atoms with Crippen molar-refractivity contribution in [2.24, 2.45) is 0 Å². The Hall–Kier alpha value is -1.98. The summed E-state index contributed by atoms with van der Waals surface area (Å²) < 4.78 is 10.6. The second-order valence-corrected chi connectivity index (χ2v) is 5.30. The smallest absolute Gasteiger partial charge is 0.124 e. The van der Waals surface area contributed by atoms with Crippen molar-refractivity contribution in [2.75, 3.05) is 21.3 Å². The third-order valence-electron chi connectivity index (χ3n) is 3.77. The van der Waals surface area contributed by atoms with Gasteiger partial charge in [0.25, 0.3) is 0 Å². The first kappa shape index (κ1) is 16.4. The van der Waals surface area contributed by atoms with Crippen molar-refractivity contribution >= 4 is 0 Å². The summed E-state index contributed by atoms with van der Waals surface area (Å²) in [6.07, 6.45) is 3.36. The average Bonchev–Trinajstić information content (AvgIpc) is 2.55. The Morgan fingerprint density at radius 1 is 1.23 bits per heavy atom. The fourth-order valence-corrected chi connectivity index (χ4v) is 2.40. The summed E-state index contributed by atoms with van der Waals surface area (Å²) in [5, 5.41) is 0. The Morgan fingerprint density at radius 3 is 2.68 bits per heavy atom. The topological polar surface area (TPSA) is 47.5 Å². The van der Waals surface area contributed by atoms with Gasteiger partial charge in [-0.15, -0.1) is 0 Å². The van der Waals surface area contributed by atoms with Crippen molar-refractivity contribution in [3.8, 4) is 5.75 Å². The highest BCUT2D eigenvalue weighted by Crippen LogP contribution is 2.23. The molecule has 0 bridgehead atoms. The highest BCUT2D eigenvalue weighted by molar-refractivity contribution is 5.37. The number of hydrogen-bond acceptors (Lipinski definition) is 5. The molecule has 0 aliphatic carbocycles. The van der Waals surface area contributed by atoms with Crippen molar-refractivity contribution in [2.45, 2.75) is 26.1 Å². The van der Waals surface area contributed by atoms with Crippen LogP contribution in [0.5, 0.6) is 5.75 Å². The minimum absolute atomic E-state index is 0.218. The lowest BCUT2D eigenvalue weighted by Crippen LogP contribution is -2.22. The van der Waals surface area contributed by atoms with E-state index < -0.39 is 0 Å². The molecule has 0 N–H and O–H groups in total. The summed E-state index contributed by atoms with van der Waals surface area (Å²) in [5.74, 6) is 0.858. The Labute approximate surface area is 131 Å². The third kappa shape index (κ3) is 4.02. The Morgan fingerprint density at radius 2 is 2.05 bits per heavy atom. The van der Waals surface area contributed by atoms with Crippen LogP contribution in [-0.4, -0.2) is 36.1 Å². The van der Waals surface area contributed by atoms with Crippen molar-refractivity contribution in [3.63, 3.8) is 0 Å². The Balaban J connectivity index is 2.11. The molecule has 0 fully saturated rings. The number of aromatic nitrogens is 2. The maximum absolute atomic E-state index is 5.36. The molecule has 1 aromatic heterocycles. The van der Waals surface area contributed by atoms with Crippen LogP contribution in [0.4, 0.5) is 0 Å². The molecule has 2 aromatic rings. The van der Waals surface area contributed by atoms with Crippen LogP contribution in [0.2, 0.25) is 0 Å². The molecule has 118 valence electrons. The van der Waals surface area contributed by atoms with Gasteiger partial charge in [0.05, 0.1) is 19.4 Å².